The number of thioether (sulfide) groups is 1. The SMILES string of the molecule is COC(=O)C(C)C(C)NC1CCCSC1. The number of hydrogen-bond donors (Lipinski definition) is 1. The van der Waals surface area contributed by atoms with E-state index in [-0.39, 0.29) is 17.9 Å². The fourth-order valence-electron chi connectivity index (χ4n) is 1.78. The Morgan fingerprint density at radius 3 is 2.80 bits per heavy atom. The second-order valence-corrected chi connectivity index (χ2v) is 5.33. The highest BCUT2D eigenvalue weighted by Gasteiger charge is 2.24. The van der Waals surface area contributed by atoms with Crippen molar-refractivity contribution in [3.8, 4) is 0 Å². The van der Waals surface area contributed by atoms with Crippen LogP contribution >= 0.6 is 11.8 Å². The maximum Gasteiger partial charge on any atom is 0.309 e. The molecule has 1 aliphatic rings. The number of nitrogens with one attached hydrogen (secondary N) is 1. The van der Waals surface area contributed by atoms with Gasteiger partial charge in [-0.3, -0.25) is 4.79 Å². The largest absolute Gasteiger partial charge is 0.469 e. The summed E-state index contributed by atoms with van der Waals surface area (Å²) in [5.41, 5.74) is 0. The van der Waals surface area contributed by atoms with Crippen molar-refractivity contribution in [3.05, 3.63) is 0 Å². The highest BCUT2D eigenvalue weighted by molar-refractivity contribution is 7.99. The summed E-state index contributed by atoms with van der Waals surface area (Å²) in [7, 11) is 1.45. The molecule has 88 valence electrons. The van der Waals surface area contributed by atoms with Crippen molar-refractivity contribution in [3.63, 3.8) is 0 Å². The van der Waals surface area contributed by atoms with E-state index >= 15 is 0 Å². The third kappa shape index (κ3) is 4.03. The van der Waals surface area contributed by atoms with Crippen molar-refractivity contribution in [2.45, 2.75) is 38.8 Å². The van der Waals surface area contributed by atoms with Crippen molar-refractivity contribution in [2.75, 3.05) is 18.6 Å². The minimum absolute atomic E-state index is 0.0677. The summed E-state index contributed by atoms with van der Waals surface area (Å²) in [6.45, 7) is 3.97. The quantitative estimate of drug-likeness (QED) is 0.747. The average Bonchev–Trinajstić information content (AvgIpc) is 2.28. The molecule has 1 saturated heterocycles. The molecule has 1 N–H and O–H groups in total. The molecule has 3 atom stereocenters. The van der Waals surface area contributed by atoms with Crippen molar-refractivity contribution in [1.82, 2.24) is 5.32 Å². The molecule has 1 aliphatic heterocycles. The van der Waals surface area contributed by atoms with Gasteiger partial charge < -0.3 is 10.1 Å². The van der Waals surface area contributed by atoms with E-state index in [0.29, 0.717) is 6.04 Å². The normalized spacial score (nSPS) is 25.7. The topological polar surface area (TPSA) is 38.3 Å². The molecule has 3 unspecified atom stereocenters. The van der Waals surface area contributed by atoms with E-state index in [1.807, 2.05) is 18.7 Å². The summed E-state index contributed by atoms with van der Waals surface area (Å²) < 4.78 is 4.74. The van der Waals surface area contributed by atoms with Crippen LogP contribution in [0.1, 0.15) is 26.7 Å². The minimum Gasteiger partial charge on any atom is -0.469 e. The van der Waals surface area contributed by atoms with Gasteiger partial charge in [-0.05, 0) is 25.5 Å². The molecular weight excluding hydrogens is 210 g/mol. The summed E-state index contributed by atoms with van der Waals surface area (Å²) in [5, 5.41) is 3.51. The Morgan fingerprint density at radius 2 is 2.27 bits per heavy atom. The second-order valence-electron chi connectivity index (χ2n) is 4.18. The molecule has 1 fully saturated rings. The van der Waals surface area contributed by atoms with Gasteiger partial charge >= 0.3 is 5.97 Å². The van der Waals surface area contributed by atoms with E-state index in [1.165, 1.54) is 25.7 Å². The van der Waals surface area contributed by atoms with Crippen LogP contribution in [-0.2, 0) is 9.53 Å². The number of carbonyl (C=O) groups is 1. The van der Waals surface area contributed by atoms with E-state index in [1.54, 1.807) is 0 Å². The van der Waals surface area contributed by atoms with Gasteiger partial charge in [-0.15, -0.1) is 0 Å². The van der Waals surface area contributed by atoms with Crippen LogP contribution in [0.3, 0.4) is 0 Å². The highest BCUT2D eigenvalue weighted by Crippen LogP contribution is 2.18. The van der Waals surface area contributed by atoms with Crippen LogP contribution < -0.4 is 5.32 Å². The molecule has 0 aromatic carbocycles. The number of hydrogen-bond acceptors (Lipinski definition) is 4. The molecule has 15 heavy (non-hydrogen) atoms. The van der Waals surface area contributed by atoms with Gasteiger partial charge in [0.25, 0.3) is 0 Å². The predicted octanol–water partition coefficient (Wildman–Crippen LogP) is 1.67. The number of methoxy groups -OCH3 is 1. The Bertz CT molecular complexity index is 205. The summed E-state index contributed by atoms with van der Waals surface area (Å²) in [6.07, 6.45) is 2.51. The molecule has 3 nitrogen and oxygen atoms in total. The molecule has 0 amide bonds. The van der Waals surface area contributed by atoms with Gasteiger partial charge in [-0.25, -0.2) is 0 Å². The summed E-state index contributed by atoms with van der Waals surface area (Å²) in [4.78, 5) is 11.3. The average molecular weight is 231 g/mol. The van der Waals surface area contributed by atoms with Gasteiger partial charge in [0.05, 0.1) is 13.0 Å². The molecular formula is C11H21NO2S. The van der Waals surface area contributed by atoms with Crippen LogP contribution in [0, 0.1) is 5.92 Å². The lowest BCUT2D eigenvalue weighted by molar-refractivity contribution is -0.145. The van der Waals surface area contributed by atoms with Crippen LogP contribution in [0.5, 0.6) is 0 Å². The lowest BCUT2D eigenvalue weighted by Crippen LogP contribution is -2.45. The standard InChI is InChI=1S/C11H21NO2S/c1-8(11(13)14-3)9(2)12-10-5-4-6-15-7-10/h8-10,12H,4-7H2,1-3H3. The number of rotatable bonds is 4. The maximum atomic E-state index is 11.3. The Balaban J connectivity index is 2.32. The Labute approximate surface area is 96.3 Å². The highest BCUT2D eigenvalue weighted by atomic mass is 32.2. The smallest absolute Gasteiger partial charge is 0.309 e. The van der Waals surface area contributed by atoms with Gasteiger partial charge in [0.2, 0.25) is 0 Å². The number of esters is 1. The molecule has 0 spiro atoms. The van der Waals surface area contributed by atoms with Crippen LogP contribution in [0.4, 0.5) is 0 Å². The van der Waals surface area contributed by atoms with E-state index in [9.17, 15) is 4.79 Å². The lowest BCUT2D eigenvalue weighted by atomic mass is 10.0. The van der Waals surface area contributed by atoms with Crippen LogP contribution in [-0.4, -0.2) is 36.7 Å². The molecule has 0 aromatic heterocycles. The van der Waals surface area contributed by atoms with E-state index in [4.69, 9.17) is 4.74 Å². The first-order chi connectivity index (χ1) is 7.15. The summed E-state index contributed by atoms with van der Waals surface area (Å²) in [6, 6.07) is 0.756. The van der Waals surface area contributed by atoms with Crippen LogP contribution in [0.25, 0.3) is 0 Å². The van der Waals surface area contributed by atoms with Crippen LogP contribution in [0.2, 0.25) is 0 Å². The molecule has 4 heteroatoms. The Hall–Kier alpha value is -0.220. The molecule has 0 radical (unpaired) electrons. The number of carbonyl (C=O) groups excluding carboxylic acids is 1. The summed E-state index contributed by atoms with van der Waals surface area (Å²) in [5.74, 6) is 2.25. The summed E-state index contributed by atoms with van der Waals surface area (Å²) >= 11 is 1.99. The zero-order chi connectivity index (χ0) is 11.3. The van der Waals surface area contributed by atoms with Gasteiger partial charge in [0.1, 0.15) is 0 Å². The zero-order valence-electron chi connectivity index (χ0n) is 9.79. The van der Waals surface area contributed by atoms with E-state index < -0.39 is 0 Å². The molecule has 1 heterocycles. The molecule has 1 rings (SSSR count). The molecule has 0 aliphatic carbocycles. The molecule has 0 aromatic rings. The Morgan fingerprint density at radius 1 is 1.53 bits per heavy atom. The first-order valence-electron chi connectivity index (χ1n) is 5.56. The van der Waals surface area contributed by atoms with Gasteiger partial charge in [-0.1, -0.05) is 6.92 Å². The monoisotopic (exact) mass is 231 g/mol. The van der Waals surface area contributed by atoms with Gasteiger partial charge in [0.15, 0.2) is 0 Å². The fraction of sp³-hybridized carbons (Fsp3) is 0.909. The van der Waals surface area contributed by atoms with E-state index in [0.717, 1.165) is 5.75 Å². The first-order valence-corrected chi connectivity index (χ1v) is 6.72. The fourth-order valence-corrected chi connectivity index (χ4v) is 2.86. The Kier molecular flexibility index (Phi) is 5.47. The van der Waals surface area contributed by atoms with E-state index in [2.05, 4.69) is 12.2 Å². The van der Waals surface area contributed by atoms with Crippen molar-refractivity contribution in [1.29, 1.82) is 0 Å². The third-order valence-electron chi connectivity index (χ3n) is 2.98. The van der Waals surface area contributed by atoms with Gasteiger partial charge in [-0.2, -0.15) is 11.8 Å². The molecule has 0 bridgehead atoms. The zero-order valence-corrected chi connectivity index (χ0v) is 10.6. The van der Waals surface area contributed by atoms with Crippen molar-refractivity contribution in [2.24, 2.45) is 5.92 Å². The van der Waals surface area contributed by atoms with Crippen molar-refractivity contribution < 1.29 is 9.53 Å². The van der Waals surface area contributed by atoms with Crippen LogP contribution in [0.15, 0.2) is 0 Å². The third-order valence-corrected chi connectivity index (χ3v) is 4.20. The predicted molar refractivity (Wildman–Crippen MR) is 64.1 cm³/mol. The lowest BCUT2D eigenvalue weighted by Gasteiger charge is -2.28. The molecule has 0 saturated carbocycles. The van der Waals surface area contributed by atoms with Gasteiger partial charge in [0, 0.05) is 17.8 Å². The van der Waals surface area contributed by atoms with Crippen molar-refractivity contribution >= 4 is 17.7 Å². The first kappa shape index (κ1) is 12.8. The minimum atomic E-state index is -0.126. The number of ether oxygens (including phenoxy) is 1. The maximum absolute atomic E-state index is 11.3. The second kappa shape index (κ2) is 6.38.